The summed E-state index contributed by atoms with van der Waals surface area (Å²) < 4.78 is 12.0. The molecule has 4 heteroatoms. The van der Waals surface area contributed by atoms with Gasteiger partial charge in [-0.3, -0.25) is 4.79 Å². The molecule has 1 N–H and O–H groups in total. The summed E-state index contributed by atoms with van der Waals surface area (Å²) in [7, 11) is 0. The molecule has 0 bridgehead atoms. The van der Waals surface area contributed by atoms with Crippen molar-refractivity contribution in [1.29, 1.82) is 0 Å². The smallest absolute Gasteiger partial charge is 0.305 e. The summed E-state index contributed by atoms with van der Waals surface area (Å²) >= 11 is 0. The van der Waals surface area contributed by atoms with Crippen LogP contribution in [-0.2, 0) is 19.9 Å². The second-order valence-corrected chi connectivity index (χ2v) is 11.4. The van der Waals surface area contributed by atoms with Crippen molar-refractivity contribution in [3.05, 3.63) is 132 Å². The third-order valence-electron chi connectivity index (χ3n) is 7.80. The fraction of sp³-hybridized carbons (Fsp3) is 0.425. The molecule has 0 saturated heterocycles. The Bertz CT molecular complexity index is 1110. The second-order valence-electron chi connectivity index (χ2n) is 11.4. The maximum Gasteiger partial charge on any atom is 0.305 e. The quantitative estimate of drug-likeness (QED) is 0.0543. The van der Waals surface area contributed by atoms with Crippen LogP contribution in [-0.4, -0.2) is 30.4 Å². The van der Waals surface area contributed by atoms with Gasteiger partial charge in [-0.2, -0.15) is 0 Å². The molecule has 4 nitrogen and oxygen atoms in total. The summed E-state index contributed by atoms with van der Waals surface area (Å²) in [4.78, 5) is 12.4. The molecular weight excluding hydrogens is 544 g/mol. The third kappa shape index (κ3) is 12.3. The Morgan fingerprint density at radius 1 is 0.659 bits per heavy atom. The lowest BCUT2D eigenvalue weighted by atomic mass is 9.80. The van der Waals surface area contributed by atoms with Crippen molar-refractivity contribution >= 4 is 5.97 Å². The molecule has 3 aromatic carbocycles. The molecule has 0 aliphatic carbocycles. The van der Waals surface area contributed by atoms with Gasteiger partial charge < -0.3 is 14.6 Å². The Morgan fingerprint density at radius 3 is 1.66 bits per heavy atom. The minimum Gasteiger partial charge on any atom is -0.463 e. The van der Waals surface area contributed by atoms with Gasteiger partial charge in [0.1, 0.15) is 18.3 Å². The number of aliphatic hydroxyl groups is 1. The summed E-state index contributed by atoms with van der Waals surface area (Å²) in [5, 5.41) is 10.8. The van der Waals surface area contributed by atoms with Crippen molar-refractivity contribution in [3.63, 3.8) is 0 Å². The minimum atomic E-state index is -0.945. The zero-order chi connectivity index (χ0) is 31.1. The molecule has 3 aromatic rings. The van der Waals surface area contributed by atoms with E-state index in [-0.39, 0.29) is 19.2 Å². The third-order valence-corrected chi connectivity index (χ3v) is 7.80. The van der Waals surface area contributed by atoms with Crippen LogP contribution in [0.1, 0.15) is 101 Å². The summed E-state index contributed by atoms with van der Waals surface area (Å²) in [5.41, 5.74) is 1.96. The van der Waals surface area contributed by atoms with Gasteiger partial charge in [0.15, 0.2) is 0 Å². The van der Waals surface area contributed by atoms with E-state index in [1.807, 2.05) is 91.0 Å². The molecule has 0 spiro atoms. The Hall–Kier alpha value is -3.47. The van der Waals surface area contributed by atoms with E-state index in [2.05, 4.69) is 31.2 Å². The van der Waals surface area contributed by atoms with Crippen molar-refractivity contribution in [1.82, 2.24) is 0 Å². The molecular formula is C40H52O4. The number of carbonyl (C=O) groups excluding carboxylic acids is 1. The number of esters is 1. The number of ether oxygens (including phenoxy) is 2. The van der Waals surface area contributed by atoms with E-state index in [0.29, 0.717) is 6.42 Å². The van der Waals surface area contributed by atoms with Gasteiger partial charge in [0.25, 0.3) is 0 Å². The summed E-state index contributed by atoms with van der Waals surface area (Å²) in [5.74, 6) is -0.268. The van der Waals surface area contributed by atoms with Gasteiger partial charge in [-0.25, -0.2) is 0 Å². The lowest BCUT2D eigenvalue weighted by Gasteiger charge is -2.36. The molecule has 0 heterocycles. The monoisotopic (exact) mass is 596 g/mol. The molecule has 3 rings (SSSR count). The summed E-state index contributed by atoms with van der Waals surface area (Å²) in [6, 6.07) is 30.1. The lowest BCUT2D eigenvalue weighted by Crippen LogP contribution is -2.37. The van der Waals surface area contributed by atoms with Crippen LogP contribution >= 0.6 is 0 Å². The SMILES string of the molecule is CCCCC/C=C\C/C=C\CCCCCCCC(=O)OC[C@@H](O)COC(c1ccccc1)(c1ccccc1)c1ccccc1. The predicted octanol–water partition coefficient (Wildman–Crippen LogP) is 9.71. The molecule has 0 aliphatic rings. The Labute approximate surface area is 265 Å². The molecule has 0 unspecified atom stereocenters. The largest absolute Gasteiger partial charge is 0.463 e. The van der Waals surface area contributed by atoms with Crippen LogP contribution in [0.4, 0.5) is 0 Å². The molecule has 0 amide bonds. The maximum absolute atomic E-state index is 12.4. The number of hydrogen-bond donors (Lipinski definition) is 1. The standard InChI is InChI=1S/C40H52O4/c1-2-3-4-5-6-7-8-9-10-11-12-13-14-15-25-32-39(42)43-33-38(41)34-44-40(35-26-19-16-20-27-35,36-28-21-17-22-29-36)37-30-23-18-24-31-37/h6-7,9-10,16-24,26-31,38,41H,2-5,8,11-15,25,32-34H2,1H3/b7-6-,10-9-/t38-/m1/s1. The number of aliphatic hydroxyl groups excluding tert-OH is 1. The van der Waals surface area contributed by atoms with E-state index in [9.17, 15) is 9.90 Å². The molecule has 0 radical (unpaired) electrons. The first-order valence-corrected chi connectivity index (χ1v) is 16.6. The van der Waals surface area contributed by atoms with Gasteiger partial charge in [0.05, 0.1) is 6.61 Å². The lowest BCUT2D eigenvalue weighted by molar-refractivity contribution is -0.149. The highest BCUT2D eigenvalue weighted by molar-refractivity contribution is 5.69. The first-order valence-electron chi connectivity index (χ1n) is 16.6. The second kappa shape index (κ2) is 21.3. The van der Waals surface area contributed by atoms with Crippen LogP contribution in [0.2, 0.25) is 0 Å². The first kappa shape index (κ1) is 35.0. The van der Waals surface area contributed by atoms with Crippen LogP contribution in [0.3, 0.4) is 0 Å². The van der Waals surface area contributed by atoms with Crippen molar-refractivity contribution in [2.24, 2.45) is 0 Å². The zero-order valence-corrected chi connectivity index (χ0v) is 26.6. The number of unbranched alkanes of at least 4 members (excludes halogenated alkanes) is 8. The first-order chi connectivity index (χ1) is 21.7. The number of rotatable bonds is 22. The van der Waals surface area contributed by atoms with Crippen molar-refractivity contribution in [2.45, 2.75) is 95.7 Å². The van der Waals surface area contributed by atoms with Crippen LogP contribution in [0.15, 0.2) is 115 Å². The fourth-order valence-corrected chi connectivity index (χ4v) is 5.38. The predicted molar refractivity (Wildman–Crippen MR) is 181 cm³/mol. The van der Waals surface area contributed by atoms with E-state index in [4.69, 9.17) is 9.47 Å². The van der Waals surface area contributed by atoms with Crippen LogP contribution < -0.4 is 0 Å². The van der Waals surface area contributed by atoms with Crippen LogP contribution in [0.5, 0.6) is 0 Å². The van der Waals surface area contributed by atoms with Gasteiger partial charge in [-0.1, -0.05) is 154 Å². The van der Waals surface area contributed by atoms with Gasteiger partial charge in [-0.15, -0.1) is 0 Å². The Balaban J connectivity index is 1.37. The number of benzene rings is 3. The topological polar surface area (TPSA) is 55.8 Å². The van der Waals surface area contributed by atoms with Gasteiger partial charge >= 0.3 is 5.97 Å². The average Bonchev–Trinajstić information content (AvgIpc) is 3.07. The fourth-order valence-electron chi connectivity index (χ4n) is 5.38. The minimum absolute atomic E-state index is 0.00958. The van der Waals surface area contributed by atoms with E-state index >= 15 is 0 Å². The highest BCUT2D eigenvalue weighted by Crippen LogP contribution is 2.40. The Kier molecular flexibility index (Phi) is 16.9. The van der Waals surface area contributed by atoms with E-state index in [1.165, 1.54) is 38.5 Å². The van der Waals surface area contributed by atoms with Crippen molar-refractivity contribution < 1.29 is 19.4 Å². The Morgan fingerprint density at radius 2 is 1.14 bits per heavy atom. The van der Waals surface area contributed by atoms with Gasteiger partial charge in [0.2, 0.25) is 0 Å². The number of carbonyl (C=O) groups is 1. The zero-order valence-electron chi connectivity index (χ0n) is 26.6. The summed E-state index contributed by atoms with van der Waals surface area (Å²) in [6.45, 7) is 2.16. The highest BCUT2D eigenvalue weighted by atomic mass is 16.6. The van der Waals surface area contributed by atoms with Crippen LogP contribution in [0, 0.1) is 0 Å². The van der Waals surface area contributed by atoms with E-state index in [0.717, 1.165) is 48.8 Å². The highest BCUT2D eigenvalue weighted by Gasteiger charge is 2.38. The molecule has 0 saturated carbocycles. The van der Waals surface area contributed by atoms with Crippen LogP contribution in [0.25, 0.3) is 0 Å². The molecule has 0 aromatic heterocycles. The molecule has 0 aliphatic heterocycles. The number of allylic oxidation sites excluding steroid dienone is 4. The maximum atomic E-state index is 12.4. The van der Waals surface area contributed by atoms with E-state index in [1.54, 1.807) is 0 Å². The molecule has 0 fully saturated rings. The number of hydrogen-bond acceptors (Lipinski definition) is 4. The molecule has 44 heavy (non-hydrogen) atoms. The van der Waals surface area contributed by atoms with Gasteiger partial charge in [0, 0.05) is 6.42 Å². The summed E-state index contributed by atoms with van der Waals surface area (Å²) in [6.07, 6.45) is 21.1. The average molecular weight is 597 g/mol. The molecule has 1 atom stereocenters. The van der Waals surface area contributed by atoms with Crippen molar-refractivity contribution in [3.8, 4) is 0 Å². The van der Waals surface area contributed by atoms with Crippen molar-refractivity contribution in [2.75, 3.05) is 13.2 Å². The van der Waals surface area contributed by atoms with E-state index < -0.39 is 11.7 Å². The molecule has 236 valence electrons. The normalized spacial score (nSPS) is 12.6. The van der Waals surface area contributed by atoms with Gasteiger partial charge in [-0.05, 0) is 55.2 Å².